The van der Waals surface area contributed by atoms with Gasteiger partial charge in [-0.25, -0.2) is 14.5 Å². The molecule has 0 aromatic carbocycles. The zero-order valence-electron chi connectivity index (χ0n) is 16.7. The van der Waals surface area contributed by atoms with Gasteiger partial charge in [-0.05, 0) is 32.2 Å². The SMILES string of the molecule is CSc1nc2nc(C)c(CC(=O)Nc3ccc(N4CCOCC4)nc3)c(C)n2n1. The van der Waals surface area contributed by atoms with Crippen LogP contribution in [-0.4, -0.2) is 63.0 Å². The number of nitrogens with zero attached hydrogens (tertiary/aromatic N) is 6. The van der Waals surface area contributed by atoms with E-state index in [-0.39, 0.29) is 12.3 Å². The molecule has 0 bridgehead atoms. The molecule has 3 aromatic heterocycles. The first-order valence-corrected chi connectivity index (χ1v) is 10.6. The van der Waals surface area contributed by atoms with E-state index in [2.05, 4.69) is 30.3 Å². The van der Waals surface area contributed by atoms with Crippen LogP contribution in [0.1, 0.15) is 17.0 Å². The topological polar surface area (TPSA) is 97.5 Å². The third-order valence-electron chi connectivity index (χ3n) is 4.92. The van der Waals surface area contributed by atoms with Gasteiger partial charge in [-0.15, -0.1) is 5.10 Å². The van der Waals surface area contributed by atoms with Crippen molar-refractivity contribution in [1.29, 1.82) is 0 Å². The lowest BCUT2D eigenvalue weighted by Gasteiger charge is -2.27. The molecule has 1 fully saturated rings. The molecule has 0 unspecified atom stereocenters. The number of anilines is 2. The number of amides is 1. The maximum absolute atomic E-state index is 12.6. The van der Waals surface area contributed by atoms with Gasteiger partial charge >= 0.3 is 0 Å². The summed E-state index contributed by atoms with van der Waals surface area (Å²) in [6, 6.07) is 3.80. The Morgan fingerprint density at radius 1 is 1.24 bits per heavy atom. The number of nitrogens with one attached hydrogen (secondary N) is 1. The van der Waals surface area contributed by atoms with Gasteiger partial charge in [0, 0.05) is 30.0 Å². The van der Waals surface area contributed by atoms with Crippen LogP contribution in [0, 0.1) is 13.8 Å². The highest BCUT2D eigenvalue weighted by molar-refractivity contribution is 7.98. The quantitative estimate of drug-likeness (QED) is 0.633. The molecule has 0 radical (unpaired) electrons. The van der Waals surface area contributed by atoms with Crippen LogP contribution in [0.15, 0.2) is 23.5 Å². The molecule has 3 aromatic rings. The largest absolute Gasteiger partial charge is 0.378 e. The summed E-state index contributed by atoms with van der Waals surface area (Å²) in [6.07, 6.45) is 3.82. The minimum absolute atomic E-state index is 0.122. The highest BCUT2D eigenvalue weighted by Gasteiger charge is 2.17. The third-order valence-corrected chi connectivity index (χ3v) is 5.45. The Morgan fingerprint density at radius 3 is 2.72 bits per heavy atom. The minimum atomic E-state index is -0.122. The van der Waals surface area contributed by atoms with E-state index in [0.29, 0.717) is 29.8 Å². The van der Waals surface area contributed by atoms with E-state index >= 15 is 0 Å². The predicted octanol–water partition coefficient (Wildman–Crippen LogP) is 1.88. The Hall–Kier alpha value is -2.72. The summed E-state index contributed by atoms with van der Waals surface area (Å²) in [5, 5.41) is 8.01. The zero-order valence-corrected chi connectivity index (χ0v) is 17.5. The number of morpholine rings is 1. The summed E-state index contributed by atoms with van der Waals surface area (Å²) in [6.45, 7) is 6.90. The number of ether oxygens (including phenoxy) is 1. The molecule has 4 heterocycles. The van der Waals surface area contributed by atoms with Gasteiger partial charge in [0.15, 0.2) is 0 Å². The highest BCUT2D eigenvalue weighted by atomic mass is 32.2. The van der Waals surface area contributed by atoms with Crippen LogP contribution in [0.5, 0.6) is 0 Å². The van der Waals surface area contributed by atoms with E-state index in [1.54, 1.807) is 10.7 Å². The van der Waals surface area contributed by atoms with Crippen LogP contribution < -0.4 is 10.2 Å². The second-order valence-corrected chi connectivity index (χ2v) is 7.57. The van der Waals surface area contributed by atoms with Gasteiger partial charge in [-0.1, -0.05) is 11.8 Å². The second-order valence-electron chi connectivity index (χ2n) is 6.80. The fraction of sp³-hybridized carbons (Fsp3) is 0.421. The van der Waals surface area contributed by atoms with Crippen molar-refractivity contribution in [3.63, 3.8) is 0 Å². The maximum Gasteiger partial charge on any atom is 0.253 e. The summed E-state index contributed by atoms with van der Waals surface area (Å²) in [5.41, 5.74) is 3.18. The number of thioether (sulfide) groups is 1. The van der Waals surface area contributed by atoms with Gasteiger partial charge in [-0.2, -0.15) is 4.98 Å². The van der Waals surface area contributed by atoms with Gasteiger partial charge in [-0.3, -0.25) is 4.79 Å². The minimum Gasteiger partial charge on any atom is -0.378 e. The number of hydrogen-bond acceptors (Lipinski definition) is 8. The van der Waals surface area contributed by atoms with Gasteiger partial charge in [0.25, 0.3) is 5.78 Å². The number of carbonyl (C=O) groups excluding carboxylic acids is 1. The van der Waals surface area contributed by atoms with E-state index in [1.807, 2.05) is 32.2 Å². The summed E-state index contributed by atoms with van der Waals surface area (Å²) in [7, 11) is 0. The lowest BCUT2D eigenvalue weighted by atomic mass is 10.1. The smallest absolute Gasteiger partial charge is 0.253 e. The van der Waals surface area contributed by atoms with Gasteiger partial charge in [0.1, 0.15) is 5.82 Å². The molecule has 29 heavy (non-hydrogen) atoms. The fourth-order valence-corrected chi connectivity index (χ4v) is 3.67. The Balaban J connectivity index is 1.47. The van der Waals surface area contributed by atoms with Gasteiger partial charge in [0.2, 0.25) is 11.1 Å². The lowest BCUT2D eigenvalue weighted by molar-refractivity contribution is -0.115. The first-order chi connectivity index (χ1) is 14.0. The van der Waals surface area contributed by atoms with E-state index < -0.39 is 0 Å². The number of hydrogen-bond donors (Lipinski definition) is 1. The number of carbonyl (C=O) groups is 1. The Morgan fingerprint density at radius 2 is 2.03 bits per heavy atom. The van der Waals surface area contributed by atoms with Crippen LogP contribution in [0.2, 0.25) is 0 Å². The molecule has 0 spiro atoms. The highest BCUT2D eigenvalue weighted by Crippen LogP contribution is 2.19. The van der Waals surface area contributed by atoms with E-state index in [0.717, 1.165) is 35.9 Å². The molecule has 0 aliphatic carbocycles. The molecule has 1 N–H and O–H groups in total. The summed E-state index contributed by atoms with van der Waals surface area (Å²) in [5.74, 6) is 1.32. The number of aryl methyl sites for hydroxylation is 2. The Labute approximate surface area is 172 Å². The summed E-state index contributed by atoms with van der Waals surface area (Å²) < 4.78 is 7.06. The maximum atomic E-state index is 12.6. The predicted molar refractivity (Wildman–Crippen MR) is 112 cm³/mol. The first-order valence-electron chi connectivity index (χ1n) is 9.40. The normalized spacial score (nSPS) is 14.4. The van der Waals surface area contributed by atoms with Gasteiger partial charge in [0.05, 0.1) is 31.5 Å². The van der Waals surface area contributed by atoms with E-state index in [9.17, 15) is 4.79 Å². The molecule has 9 nitrogen and oxygen atoms in total. The zero-order chi connectivity index (χ0) is 20.4. The molecule has 1 amide bonds. The van der Waals surface area contributed by atoms with Crippen molar-refractivity contribution < 1.29 is 9.53 Å². The average molecular weight is 414 g/mol. The molecule has 0 atom stereocenters. The molecule has 10 heteroatoms. The Kier molecular flexibility index (Phi) is 5.63. The van der Waals surface area contributed by atoms with Crippen molar-refractivity contribution in [2.75, 3.05) is 42.8 Å². The number of pyridine rings is 1. The molecule has 1 aliphatic rings. The van der Waals surface area contributed by atoms with Crippen LogP contribution in [0.3, 0.4) is 0 Å². The van der Waals surface area contributed by atoms with Crippen molar-refractivity contribution in [2.24, 2.45) is 0 Å². The molecule has 4 rings (SSSR count). The molecule has 152 valence electrons. The summed E-state index contributed by atoms with van der Waals surface area (Å²) in [4.78, 5) is 28.1. The standard InChI is InChI=1S/C19H23N7O2S/c1-12-15(13(2)26-18(21-12)23-19(24-26)29-3)10-17(27)22-14-4-5-16(20-11-14)25-6-8-28-9-7-25/h4-5,11H,6-10H2,1-3H3,(H,22,27). The number of fused-ring (bicyclic) bond motifs is 1. The van der Waals surface area contributed by atoms with Crippen LogP contribution >= 0.6 is 11.8 Å². The molecule has 1 saturated heterocycles. The van der Waals surface area contributed by atoms with Crippen LogP contribution in [-0.2, 0) is 16.0 Å². The van der Waals surface area contributed by atoms with Crippen LogP contribution in [0.4, 0.5) is 11.5 Å². The van der Waals surface area contributed by atoms with E-state index in [4.69, 9.17) is 4.74 Å². The Bertz CT molecular complexity index is 1030. The molecule has 1 aliphatic heterocycles. The second kappa shape index (κ2) is 8.34. The van der Waals surface area contributed by atoms with E-state index in [1.165, 1.54) is 11.8 Å². The van der Waals surface area contributed by atoms with Crippen molar-refractivity contribution in [3.8, 4) is 0 Å². The van der Waals surface area contributed by atoms with Gasteiger partial charge < -0.3 is 15.0 Å². The molecular weight excluding hydrogens is 390 g/mol. The van der Waals surface area contributed by atoms with Crippen molar-refractivity contribution >= 4 is 35.0 Å². The lowest BCUT2D eigenvalue weighted by Crippen LogP contribution is -2.36. The number of rotatable bonds is 5. The van der Waals surface area contributed by atoms with Crippen molar-refractivity contribution in [3.05, 3.63) is 35.3 Å². The molecule has 0 saturated carbocycles. The molecular formula is C19H23N7O2S. The monoisotopic (exact) mass is 413 g/mol. The van der Waals surface area contributed by atoms with Crippen molar-refractivity contribution in [1.82, 2.24) is 24.6 Å². The van der Waals surface area contributed by atoms with Crippen LogP contribution in [0.25, 0.3) is 5.78 Å². The first kappa shape index (κ1) is 19.6. The third kappa shape index (κ3) is 4.18. The number of aromatic nitrogens is 5. The fourth-order valence-electron chi connectivity index (χ4n) is 3.34. The van der Waals surface area contributed by atoms with Crippen molar-refractivity contribution in [2.45, 2.75) is 25.4 Å². The average Bonchev–Trinajstić information content (AvgIpc) is 3.15. The summed E-state index contributed by atoms with van der Waals surface area (Å²) >= 11 is 1.46.